The summed E-state index contributed by atoms with van der Waals surface area (Å²) in [5, 5.41) is 5.00. The molecule has 3 amide bonds. The number of nitrogens with zero attached hydrogens (tertiary/aromatic N) is 3. The Hall–Kier alpha value is -3.27. The van der Waals surface area contributed by atoms with Crippen LogP contribution in [0.3, 0.4) is 0 Å². The fraction of sp³-hybridized carbons (Fsp3) is 0.379. The summed E-state index contributed by atoms with van der Waals surface area (Å²) in [5.41, 5.74) is 2.62. The molecule has 0 bridgehead atoms. The summed E-state index contributed by atoms with van der Waals surface area (Å²) >= 11 is 1.58. The highest BCUT2D eigenvalue weighted by Crippen LogP contribution is 2.18. The number of ether oxygens (including phenoxy) is 1. The molecule has 9 heteroatoms. The first kappa shape index (κ1) is 27.8. The molecule has 1 aromatic heterocycles. The average molecular weight is 539 g/mol. The van der Waals surface area contributed by atoms with Crippen LogP contribution in [0.1, 0.15) is 22.9 Å². The number of urea groups is 1. The molecule has 1 aliphatic rings. The minimum atomic E-state index is -0.316. The quantitative estimate of drug-likeness (QED) is 0.379. The summed E-state index contributed by atoms with van der Waals surface area (Å²) in [7, 11) is 0. The van der Waals surface area contributed by atoms with Crippen LogP contribution in [-0.2, 0) is 29.0 Å². The zero-order chi connectivity index (χ0) is 26.7. The van der Waals surface area contributed by atoms with Gasteiger partial charge in [0.1, 0.15) is 12.4 Å². The van der Waals surface area contributed by atoms with E-state index in [0.717, 1.165) is 41.2 Å². The van der Waals surface area contributed by atoms with Gasteiger partial charge in [-0.25, -0.2) is 9.18 Å². The number of nitrogens with one attached hydrogen (secondary N) is 1. The molecule has 2 heterocycles. The molecule has 0 spiro atoms. The fourth-order valence-corrected chi connectivity index (χ4v) is 5.10. The lowest BCUT2D eigenvalue weighted by molar-refractivity contribution is -0.133. The maximum Gasteiger partial charge on any atom is 0.322 e. The number of hydrogen-bond acceptors (Lipinski definition) is 5. The molecule has 38 heavy (non-hydrogen) atoms. The maximum atomic E-state index is 13.7. The topological polar surface area (TPSA) is 65.1 Å². The number of halogens is 1. The first-order valence-electron chi connectivity index (χ1n) is 13.0. The van der Waals surface area contributed by atoms with Crippen LogP contribution in [0.2, 0.25) is 0 Å². The van der Waals surface area contributed by atoms with Crippen LogP contribution in [0.4, 0.5) is 14.9 Å². The number of rotatable bonds is 11. The second-order valence-corrected chi connectivity index (χ2v) is 10.3. The second-order valence-electron chi connectivity index (χ2n) is 9.27. The number of anilines is 1. The van der Waals surface area contributed by atoms with Crippen molar-refractivity contribution in [3.8, 4) is 0 Å². The van der Waals surface area contributed by atoms with E-state index in [0.29, 0.717) is 39.4 Å². The number of morpholine rings is 1. The van der Waals surface area contributed by atoms with Gasteiger partial charge in [-0.1, -0.05) is 43.3 Å². The molecule has 1 fully saturated rings. The third-order valence-corrected chi connectivity index (χ3v) is 7.47. The zero-order valence-electron chi connectivity index (χ0n) is 21.8. The number of thiophene rings is 1. The minimum absolute atomic E-state index is 0.0585. The molecule has 2 aromatic carbocycles. The lowest BCUT2D eigenvalue weighted by Gasteiger charge is -2.31. The largest absolute Gasteiger partial charge is 0.379 e. The minimum Gasteiger partial charge on any atom is -0.379 e. The van der Waals surface area contributed by atoms with Gasteiger partial charge in [0.2, 0.25) is 5.91 Å². The summed E-state index contributed by atoms with van der Waals surface area (Å²) in [5.74, 6) is -0.480. The van der Waals surface area contributed by atoms with Gasteiger partial charge >= 0.3 is 6.03 Å². The molecule has 1 saturated heterocycles. The van der Waals surface area contributed by atoms with Crippen LogP contribution in [0.25, 0.3) is 0 Å². The molecule has 1 aliphatic heterocycles. The Kier molecular flexibility index (Phi) is 10.3. The monoisotopic (exact) mass is 538 g/mol. The molecule has 0 radical (unpaired) electrons. The molecule has 7 nitrogen and oxygen atoms in total. The molecule has 3 aromatic rings. The molecule has 0 atom stereocenters. The lowest BCUT2D eigenvalue weighted by atomic mass is 10.1. The van der Waals surface area contributed by atoms with Gasteiger partial charge in [0, 0.05) is 43.3 Å². The van der Waals surface area contributed by atoms with E-state index in [1.54, 1.807) is 33.3 Å². The van der Waals surface area contributed by atoms with E-state index < -0.39 is 0 Å². The van der Waals surface area contributed by atoms with Gasteiger partial charge in [0.15, 0.2) is 0 Å². The van der Waals surface area contributed by atoms with Gasteiger partial charge in [-0.05, 0) is 47.2 Å². The Balaban J connectivity index is 1.50. The molecule has 0 saturated carbocycles. The first-order valence-corrected chi connectivity index (χ1v) is 13.9. The van der Waals surface area contributed by atoms with Gasteiger partial charge in [-0.3, -0.25) is 9.69 Å². The lowest BCUT2D eigenvalue weighted by Crippen LogP contribution is -2.48. The van der Waals surface area contributed by atoms with Gasteiger partial charge in [0.05, 0.1) is 19.8 Å². The van der Waals surface area contributed by atoms with Crippen molar-refractivity contribution in [3.63, 3.8) is 0 Å². The van der Waals surface area contributed by atoms with Gasteiger partial charge in [-0.15, -0.1) is 11.3 Å². The Bertz CT molecular complexity index is 1170. The number of aryl methyl sites for hydroxylation is 1. The summed E-state index contributed by atoms with van der Waals surface area (Å²) < 4.78 is 18.9. The molecule has 1 N–H and O–H groups in total. The van der Waals surface area contributed by atoms with Crippen molar-refractivity contribution in [3.05, 3.63) is 87.9 Å². The number of para-hydroxylation sites is 1. The Morgan fingerprint density at radius 3 is 2.47 bits per heavy atom. The average Bonchev–Trinajstić information content (AvgIpc) is 3.46. The van der Waals surface area contributed by atoms with E-state index >= 15 is 0 Å². The van der Waals surface area contributed by atoms with Crippen LogP contribution in [0.15, 0.2) is 66.0 Å². The molecule has 0 aliphatic carbocycles. The van der Waals surface area contributed by atoms with E-state index in [9.17, 15) is 14.0 Å². The highest BCUT2D eigenvalue weighted by molar-refractivity contribution is 7.09. The number of benzene rings is 2. The Labute approximate surface area is 227 Å². The van der Waals surface area contributed by atoms with Gasteiger partial charge in [0.25, 0.3) is 0 Å². The van der Waals surface area contributed by atoms with Crippen molar-refractivity contribution < 1.29 is 18.7 Å². The van der Waals surface area contributed by atoms with Crippen LogP contribution < -0.4 is 5.32 Å². The van der Waals surface area contributed by atoms with Crippen molar-refractivity contribution in [1.82, 2.24) is 14.7 Å². The molecule has 0 unspecified atom stereocenters. The van der Waals surface area contributed by atoms with Crippen LogP contribution >= 0.6 is 11.3 Å². The predicted molar refractivity (Wildman–Crippen MR) is 149 cm³/mol. The number of hydrogen-bond donors (Lipinski definition) is 1. The van der Waals surface area contributed by atoms with Crippen molar-refractivity contribution in [2.24, 2.45) is 0 Å². The van der Waals surface area contributed by atoms with Gasteiger partial charge < -0.3 is 19.9 Å². The third kappa shape index (κ3) is 8.11. The number of carbonyl (C=O) groups excluding carboxylic acids is 2. The third-order valence-electron chi connectivity index (χ3n) is 6.61. The molecule has 4 rings (SSSR count). The number of carbonyl (C=O) groups is 2. The summed E-state index contributed by atoms with van der Waals surface area (Å²) in [6.07, 6.45) is 0.787. The smallest absolute Gasteiger partial charge is 0.322 e. The number of amides is 3. The van der Waals surface area contributed by atoms with Crippen molar-refractivity contribution in [1.29, 1.82) is 0 Å². The van der Waals surface area contributed by atoms with Crippen LogP contribution in [-0.4, -0.2) is 72.6 Å². The van der Waals surface area contributed by atoms with Crippen molar-refractivity contribution >= 4 is 29.0 Å². The van der Waals surface area contributed by atoms with Crippen molar-refractivity contribution in [2.45, 2.75) is 26.4 Å². The predicted octanol–water partition coefficient (Wildman–Crippen LogP) is 4.84. The van der Waals surface area contributed by atoms with Gasteiger partial charge in [-0.2, -0.15) is 0 Å². The second kappa shape index (κ2) is 14.0. The standard InChI is InChI=1S/C29H35FN4O3S/c1-2-24-6-3-4-8-27(24)31-29(36)33(14-13-32-15-17-37-18-16-32)22-28(35)34(21-26-7-5-19-38-26)20-23-9-11-25(30)12-10-23/h3-12,19H,2,13-18,20-22H2,1H3,(H,31,36). The summed E-state index contributed by atoms with van der Waals surface area (Å²) in [4.78, 5) is 33.8. The van der Waals surface area contributed by atoms with Crippen LogP contribution in [0.5, 0.6) is 0 Å². The van der Waals surface area contributed by atoms with Crippen LogP contribution in [0, 0.1) is 5.82 Å². The maximum absolute atomic E-state index is 13.7. The molecular formula is C29H35FN4O3S. The Morgan fingerprint density at radius 2 is 1.76 bits per heavy atom. The molecular weight excluding hydrogens is 503 g/mol. The van der Waals surface area contributed by atoms with E-state index in [1.807, 2.05) is 48.7 Å². The van der Waals surface area contributed by atoms with E-state index in [4.69, 9.17) is 4.74 Å². The molecule has 202 valence electrons. The van der Waals surface area contributed by atoms with E-state index in [1.165, 1.54) is 12.1 Å². The normalized spacial score (nSPS) is 13.7. The van der Waals surface area contributed by atoms with Crippen molar-refractivity contribution in [2.75, 3.05) is 51.3 Å². The summed E-state index contributed by atoms with van der Waals surface area (Å²) in [6.45, 7) is 6.74. The van der Waals surface area contributed by atoms with E-state index in [2.05, 4.69) is 10.2 Å². The zero-order valence-corrected chi connectivity index (χ0v) is 22.6. The highest BCUT2D eigenvalue weighted by Gasteiger charge is 2.24. The van der Waals surface area contributed by atoms with E-state index in [-0.39, 0.29) is 24.3 Å². The first-order chi connectivity index (χ1) is 18.5. The Morgan fingerprint density at radius 1 is 1.00 bits per heavy atom. The summed E-state index contributed by atoms with van der Waals surface area (Å²) in [6, 6.07) is 17.5. The fourth-order valence-electron chi connectivity index (χ4n) is 4.38. The highest BCUT2D eigenvalue weighted by atomic mass is 32.1. The SMILES string of the molecule is CCc1ccccc1NC(=O)N(CCN1CCOCC1)CC(=O)N(Cc1ccc(F)cc1)Cc1cccs1.